The molecule has 24 heavy (non-hydrogen) atoms. The van der Waals surface area contributed by atoms with E-state index in [1.165, 1.54) is 6.33 Å². The molecule has 2 aromatic rings. The summed E-state index contributed by atoms with van der Waals surface area (Å²) in [6, 6.07) is 6.26. The number of benzene rings is 1. The van der Waals surface area contributed by atoms with Crippen molar-refractivity contribution >= 4 is 11.8 Å². The summed E-state index contributed by atoms with van der Waals surface area (Å²) < 4.78 is 11.3. The molecule has 0 saturated carbocycles. The summed E-state index contributed by atoms with van der Waals surface area (Å²) in [5.41, 5.74) is 5.61. The Morgan fingerprint density at radius 1 is 1.33 bits per heavy atom. The number of aromatic nitrogens is 3. The van der Waals surface area contributed by atoms with Gasteiger partial charge in [0.25, 0.3) is 5.91 Å². The highest BCUT2D eigenvalue weighted by Gasteiger charge is 2.29. The number of carbonyl (C=O) groups excluding carboxylic acids is 2. The van der Waals surface area contributed by atoms with Gasteiger partial charge in [0.1, 0.15) is 18.2 Å². The van der Waals surface area contributed by atoms with E-state index >= 15 is 0 Å². The molecule has 2 amide bonds. The summed E-state index contributed by atoms with van der Waals surface area (Å²) in [5, 5.41) is 9.04. The lowest BCUT2D eigenvalue weighted by Crippen LogP contribution is -2.51. The SMILES string of the molecule is NC(=O)c1ccc(O[C@@H]2COCC[C@H]2NC(=O)c2ncn[nH]2)cc1. The first-order chi connectivity index (χ1) is 11.6. The average Bonchev–Trinajstić information content (AvgIpc) is 3.12. The monoisotopic (exact) mass is 331 g/mol. The molecule has 0 bridgehead atoms. The van der Waals surface area contributed by atoms with Gasteiger partial charge in [-0.1, -0.05) is 0 Å². The van der Waals surface area contributed by atoms with Gasteiger partial charge in [-0.15, -0.1) is 0 Å². The molecule has 2 atom stereocenters. The predicted octanol–water partition coefficient (Wildman–Crippen LogP) is -0.130. The second-order valence-electron chi connectivity index (χ2n) is 5.32. The molecular formula is C15H17N5O4. The van der Waals surface area contributed by atoms with Gasteiger partial charge in [-0.2, -0.15) is 5.10 Å². The minimum Gasteiger partial charge on any atom is -0.486 e. The van der Waals surface area contributed by atoms with Crippen molar-refractivity contribution in [1.82, 2.24) is 20.5 Å². The topological polar surface area (TPSA) is 132 Å². The van der Waals surface area contributed by atoms with Crippen LogP contribution in [0.3, 0.4) is 0 Å². The summed E-state index contributed by atoms with van der Waals surface area (Å²) in [5.74, 6) is -0.141. The lowest BCUT2D eigenvalue weighted by atomic mass is 10.1. The molecule has 126 valence electrons. The van der Waals surface area contributed by atoms with Crippen LogP contribution in [0.4, 0.5) is 0 Å². The second kappa shape index (κ2) is 7.09. The van der Waals surface area contributed by atoms with Crippen LogP contribution < -0.4 is 15.8 Å². The number of carbonyl (C=O) groups is 2. The third kappa shape index (κ3) is 3.69. The Morgan fingerprint density at radius 3 is 2.79 bits per heavy atom. The molecule has 0 spiro atoms. The average molecular weight is 331 g/mol. The Morgan fingerprint density at radius 2 is 2.12 bits per heavy atom. The van der Waals surface area contributed by atoms with Crippen LogP contribution in [0.15, 0.2) is 30.6 Å². The summed E-state index contributed by atoms with van der Waals surface area (Å²) in [6.07, 6.45) is 1.53. The molecular weight excluding hydrogens is 314 g/mol. The number of nitrogens with one attached hydrogen (secondary N) is 2. The van der Waals surface area contributed by atoms with Gasteiger partial charge in [0, 0.05) is 12.2 Å². The molecule has 0 aliphatic carbocycles. The second-order valence-corrected chi connectivity index (χ2v) is 5.32. The smallest absolute Gasteiger partial charge is 0.288 e. The summed E-state index contributed by atoms with van der Waals surface area (Å²) in [4.78, 5) is 27.0. The Labute approximate surface area is 137 Å². The number of nitrogens with two attached hydrogens (primary N) is 1. The fraction of sp³-hybridized carbons (Fsp3) is 0.333. The van der Waals surface area contributed by atoms with E-state index in [-0.39, 0.29) is 23.9 Å². The van der Waals surface area contributed by atoms with Crippen LogP contribution in [0, 0.1) is 0 Å². The third-order valence-electron chi connectivity index (χ3n) is 3.68. The maximum absolute atomic E-state index is 12.1. The fourth-order valence-electron chi connectivity index (χ4n) is 2.42. The van der Waals surface area contributed by atoms with Gasteiger partial charge >= 0.3 is 0 Å². The highest BCUT2D eigenvalue weighted by Crippen LogP contribution is 2.18. The van der Waals surface area contributed by atoms with Gasteiger partial charge in [-0.3, -0.25) is 14.7 Å². The highest BCUT2D eigenvalue weighted by molar-refractivity contribution is 5.92. The molecule has 1 aromatic carbocycles. The van der Waals surface area contributed by atoms with E-state index in [9.17, 15) is 9.59 Å². The minimum atomic E-state index is -0.500. The zero-order valence-corrected chi connectivity index (χ0v) is 12.8. The summed E-state index contributed by atoms with van der Waals surface area (Å²) >= 11 is 0. The molecule has 0 radical (unpaired) electrons. The van der Waals surface area contributed by atoms with E-state index < -0.39 is 5.91 Å². The molecule has 3 rings (SSSR count). The van der Waals surface area contributed by atoms with Crippen LogP contribution in [0.5, 0.6) is 5.75 Å². The number of ether oxygens (including phenoxy) is 2. The van der Waals surface area contributed by atoms with E-state index in [2.05, 4.69) is 20.5 Å². The van der Waals surface area contributed by atoms with Gasteiger partial charge in [-0.05, 0) is 30.7 Å². The van der Waals surface area contributed by atoms with Crippen molar-refractivity contribution < 1.29 is 19.1 Å². The quantitative estimate of drug-likeness (QED) is 0.699. The number of aromatic amines is 1. The number of H-pyrrole nitrogens is 1. The molecule has 1 aromatic heterocycles. The number of hydrogen-bond acceptors (Lipinski definition) is 6. The first-order valence-corrected chi connectivity index (χ1v) is 7.44. The molecule has 9 heteroatoms. The molecule has 1 aliphatic heterocycles. The minimum absolute atomic E-state index is 0.144. The van der Waals surface area contributed by atoms with E-state index in [1.807, 2.05) is 0 Å². The Kier molecular flexibility index (Phi) is 4.71. The van der Waals surface area contributed by atoms with E-state index in [0.717, 1.165) is 0 Å². The van der Waals surface area contributed by atoms with E-state index in [4.69, 9.17) is 15.2 Å². The first-order valence-electron chi connectivity index (χ1n) is 7.44. The zero-order valence-electron chi connectivity index (χ0n) is 12.8. The van der Waals surface area contributed by atoms with Gasteiger partial charge in [0.05, 0.1) is 12.6 Å². The van der Waals surface area contributed by atoms with Crippen molar-refractivity contribution in [3.63, 3.8) is 0 Å². The van der Waals surface area contributed by atoms with Crippen molar-refractivity contribution in [2.45, 2.75) is 18.6 Å². The normalized spacial score (nSPS) is 20.3. The molecule has 9 nitrogen and oxygen atoms in total. The third-order valence-corrected chi connectivity index (χ3v) is 3.68. The van der Waals surface area contributed by atoms with Crippen molar-refractivity contribution in [1.29, 1.82) is 0 Å². The van der Waals surface area contributed by atoms with Gasteiger partial charge in [-0.25, -0.2) is 4.98 Å². The molecule has 1 aliphatic rings. The van der Waals surface area contributed by atoms with Gasteiger partial charge < -0.3 is 20.5 Å². The molecule has 1 fully saturated rings. The molecule has 4 N–H and O–H groups in total. The maximum Gasteiger partial charge on any atom is 0.288 e. The highest BCUT2D eigenvalue weighted by atomic mass is 16.5. The number of amides is 2. The number of nitrogens with zero attached hydrogens (tertiary/aromatic N) is 2. The van der Waals surface area contributed by atoms with Crippen molar-refractivity contribution in [3.8, 4) is 5.75 Å². The number of rotatable bonds is 5. The van der Waals surface area contributed by atoms with Crippen LogP contribution in [0.25, 0.3) is 0 Å². The number of primary amides is 1. The lowest BCUT2D eigenvalue weighted by molar-refractivity contribution is -0.0136. The number of hydrogen-bond donors (Lipinski definition) is 3. The van der Waals surface area contributed by atoms with Crippen LogP contribution in [-0.2, 0) is 4.74 Å². The summed E-state index contributed by atoms with van der Waals surface area (Å²) in [6.45, 7) is 0.876. The van der Waals surface area contributed by atoms with Gasteiger partial charge in [0.15, 0.2) is 0 Å². The molecule has 2 heterocycles. The lowest BCUT2D eigenvalue weighted by Gasteiger charge is -2.32. The van der Waals surface area contributed by atoms with Crippen LogP contribution in [-0.4, -0.2) is 52.4 Å². The summed E-state index contributed by atoms with van der Waals surface area (Å²) in [7, 11) is 0. The van der Waals surface area contributed by atoms with Crippen molar-refractivity contribution in [3.05, 3.63) is 42.0 Å². The molecule has 0 unspecified atom stereocenters. The fourth-order valence-corrected chi connectivity index (χ4v) is 2.42. The van der Waals surface area contributed by atoms with Crippen molar-refractivity contribution in [2.75, 3.05) is 13.2 Å². The Balaban J connectivity index is 1.65. The molecule has 1 saturated heterocycles. The predicted molar refractivity (Wildman–Crippen MR) is 82.4 cm³/mol. The maximum atomic E-state index is 12.1. The zero-order chi connectivity index (χ0) is 16.9. The van der Waals surface area contributed by atoms with Crippen LogP contribution >= 0.6 is 0 Å². The first kappa shape index (κ1) is 15.9. The Bertz CT molecular complexity index is 701. The standard InChI is InChI=1S/C15H17N5O4/c16-13(21)9-1-3-10(4-2-9)24-12-7-23-6-5-11(12)19-15(22)14-17-8-18-20-14/h1-4,8,11-12H,5-7H2,(H2,16,21)(H,19,22)(H,17,18,20)/t11-,12-/m1/s1. The van der Waals surface area contributed by atoms with Crippen LogP contribution in [0.1, 0.15) is 27.4 Å². The van der Waals surface area contributed by atoms with Gasteiger partial charge in [0.2, 0.25) is 11.7 Å². The Hall–Kier alpha value is -2.94. The van der Waals surface area contributed by atoms with Crippen LogP contribution in [0.2, 0.25) is 0 Å². The van der Waals surface area contributed by atoms with Crippen molar-refractivity contribution in [2.24, 2.45) is 5.73 Å². The largest absolute Gasteiger partial charge is 0.486 e. The van der Waals surface area contributed by atoms with E-state index in [1.54, 1.807) is 24.3 Å². The van der Waals surface area contributed by atoms with E-state index in [0.29, 0.717) is 30.9 Å².